The lowest BCUT2D eigenvalue weighted by Crippen LogP contribution is -2.21. The van der Waals surface area contributed by atoms with Crippen LogP contribution in [-0.4, -0.2) is 25.1 Å². The van der Waals surface area contributed by atoms with Crippen LogP contribution in [0.2, 0.25) is 0 Å². The highest BCUT2D eigenvalue weighted by atomic mass is 16.5. The van der Waals surface area contributed by atoms with E-state index in [1.807, 2.05) is 30.3 Å². The van der Waals surface area contributed by atoms with Gasteiger partial charge in [-0.05, 0) is 28.6 Å². The maximum Gasteiger partial charge on any atom is 0.205 e. The molecule has 0 saturated carbocycles. The number of aromatic hydroxyl groups is 1. The van der Waals surface area contributed by atoms with Crippen LogP contribution in [0.25, 0.3) is 16.6 Å². The molecule has 0 amide bonds. The molecule has 0 aliphatic carbocycles. The number of nitrogens with zero attached hydrogens (tertiary/aromatic N) is 5. The maximum absolute atomic E-state index is 9.80. The molecule has 0 fully saturated rings. The molecular weight excluding hydrogens is 344 g/mol. The number of ether oxygens (including phenoxy) is 1. The largest absolute Gasteiger partial charge is 0.508 e. The second kappa shape index (κ2) is 5.44. The Hall–Kier alpha value is -4.12. The molecule has 3 heterocycles. The zero-order chi connectivity index (χ0) is 18.5. The van der Waals surface area contributed by atoms with E-state index in [-0.39, 0.29) is 17.2 Å². The van der Waals surface area contributed by atoms with Crippen molar-refractivity contribution in [2.24, 2.45) is 5.73 Å². The summed E-state index contributed by atoms with van der Waals surface area (Å²) in [4.78, 5) is 0. The predicted molar refractivity (Wildman–Crippen MR) is 95.7 cm³/mol. The monoisotopic (exact) mass is 356 g/mol. The number of nitriles is 1. The van der Waals surface area contributed by atoms with Crippen molar-refractivity contribution in [2.45, 2.75) is 5.92 Å². The Morgan fingerprint density at radius 3 is 2.85 bits per heavy atom. The zero-order valence-electron chi connectivity index (χ0n) is 13.9. The van der Waals surface area contributed by atoms with Gasteiger partial charge in [0.05, 0.1) is 11.4 Å². The second-order valence-electron chi connectivity index (χ2n) is 6.22. The van der Waals surface area contributed by atoms with Gasteiger partial charge >= 0.3 is 0 Å². The molecule has 1 aliphatic rings. The molecule has 2 aromatic heterocycles. The van der Waals surface area contributed by atoms with E-state index in [0.29, 0.717) is 17.0 Å². The minimum atomic E-state index is -0.516. The molecule has 5 rings (SSSR count). The Morgan fingerprint density at radius 1 is 1.15 bits per heavy atom. The second-order valence-corrected chi connectivity index (χ2v) is 6.22. The summed E-state index contributed by atoms with van der Waals surface area (Å²) >= 11 is 0. The quantitative estimate of drug-likeness (QED) is 0.536. The van der Waals surface area contributed by atoms with E-state index in [9.17, 15) is 10.4 Å². The summed E-state index contributed by atoms with van der Waals surface area (Å²) in [5, 5.41) is 32.5. The van der Waals surface area contributed by atoms with Gasteiger partial charge in [-0.1, -0.05) is 24.3 Å². The Labute approximate surface area is 152 Å². The molecule has 1 aliphatic heterocycles. The van der Waals surface area contributed by atoms with Gasteiger partial charge in [0, 0.05) is 22.6 Å². The number of phenols is 1. The Kier molecular flexibility index (Phi) is 3.05. The van der Waals surface area contributed by atoms with Gasteiger partial charge in [0.25, 0.3) is 0 Å². The van der Waals surface area contributed by atoms with E-state index in [0.717, 1.165) is 16.5 Å². The van der Waals surface area contributed by atoms with Crippen LogP contribution in [0, 0.1) is 11.3 Å². The Morgan fingerprint density at radius 2 is 2.00 bits per heavy atom. The average Bonchev–Trinajstić information content (AvgIpc) is 3.16. The van der Waals surface area contributed by atoms with Gasteiger partial charge in [-0.3, -0.25) is 0 Å². The number of hydrogen-bond acceptors (Lipinski definition) is 7. The first-order valence-electron chi connectivity index (χ1n) is 8.17. The summed E-state index contributed by atoms with van der Waals surface area (Å²) in [6, 6.07) is 16.6. The van der Waals surface area contributed by atoms with Crippen molar-refractivity contribution in [3.05, 3.63) is 71.1 Å². The van der Waals surface area contributed by atoms with Crippen LogP contribution in [-0.2, 0) is 0 Å². The van der Waals surface area contributed by atoms with Gasteiger partial charge in [0.15, 0.2) is 5.65 Å². The van der Waals surface area contributed by atoms with Crippen LogP contribution in [0.3, 0.4) is 0 Å². The Bertz CT molecular complexity index is 1300. The summed E-state index contributed by atoms with van der Waals surface area (Å²) in [5.74, 6) is -0.0689. The number of pyridine rings is 1. The summed E-state index contributed by atoms with van der Waals surface area (Å²) in [6.07, 6.45) is 0. The van der Waals surface area contributed by atoms with E-state index < -0.39 is 5.92 Å². The molecule has 27 heavy (non-hydrogen) atoms. The fourth-order valence-electron chi connectivity index (χ4n) is 3.54. The first-order chi connectivity index (χ1) is 13.2. The minimum Gasteiger partial charge on any atom is -0.508 e. The van der Waals surface area contributed by atoms with Gasteiger partial charge in [-0.25, -0.2) is 0 Å². The molecule has 0 bridgehead atoms. The highest BCUT2D eigenvalue weighted by Crippen LogP contribution is 2.44. The minimum absolute atomic E-state index is 0.000571. The summed E-state index contributed by atoms with van der Waals surface area (Å²) < 4.78 is 7.21. The lowest BCUT2D eigenvalue weighted by molar-refractivity contribution is 0.388. The number of hydrogen-bond donors (Lipinski definition) is 2. The highest BCUT2D eigenvalue weighted by molar-refractivity contribution is 5.84. The maximum atomic E-state index is 9.80. The van der Waals surface area contributed by atoms with E-state index in [1.54, 1.807) is 16.6 Å². The van der Waals surface area contributed by atoms with Crippen molar-refractivity contribution in [3.63, 3.8) is 0 Å². The third-order valence-corrected chi connectivity index (χ3v) is 4.72. The fraction of sp³-hybridized carbons (Fsp3) is 0.0526. The van der Waals surface area contributed by atoms with Crippen LogP contribution in [0.5, 0.6) is 11.5 Å². The van der Waals surface area contributed by atoms with Crippen LogP contribution in [0.1, 0.15) is 17.0 Å². The van der Waals surface area contributed by atoms with Crippen molar-refractivity contribution >= 4 is 16.6 Å². The molecule has 1 atom stereocenters. The number of para-hydroxylation sites is 1. The van der Waals surface area contributed by atoms with Gasteiger partial charge in [-0.2, -0.15) is 9.78 Å². The summed E-state index contributed by atoms with van der Waals surface area (Å²) in [5.41, 5.74) is 9.10. The van der Waals surface area contributed by atoms with Crippen molar-refractivity contribution < 1.29 is 9.84 Å². The number of aromatic nitrogens is 4. The number of nitrogens with two attached hydrogens (primary N) is 1. The average molecular weight is 356 g/mol. The molecule has 4 aromatic rings. The topological polar surface area (TPSA) is 122 Å². The van der Waals surface area contributed by atoms with Crippen molar-refractivity contribution in [1.82, 2.24) is 20.0 Å². The fourth-order valence-corrected chi connectivity index (χ4v) is 3.54. The van der Waals surface area contributed by atoms with Crippen LogP contribution in [0.4, 0.5) is 0 Å². The smallest absolute Gasteiger partial charge is 0.205 e. The number of allylic oxidation sites excluding steroid dienone is 1. The summed E-state index contributed by atoms with van der Waals surface area (Å²) in [6.45, 7) is 0. The molecular formula is C19H12N6O2. The van der Waals surface area contributed by atoms with Crippen LogP contribution >= 0.6 is 0 Å². The van der Waals surface area contributed by atoms with Gasteiger partial charge in [0.2, 0.25) is 5.88 Å². The van der Waals surface area contributed by atoms with E-state index >= 15 is 0 Å². The van der Waals surface area contributed by atoms with Crippen LogP contribution in [0.15, 0.2) is 60.0 Å². The number of phenolic OH excluding ortho intramolecular Hbond substituents is 1. The third-order valence-electron chi connectivity index (χ3n) is 4.72. The lowest BCUT2D eigenvalue weighted by Gasteiger charge is -2.26. The Balaban J connectivity index is 1.88. The van der Waals surface area contributed by atoms with E-state index in [1.165, 1.54) is 6.07 Å². The van der Waals surface area contributed by atoms with Crippen molar-refractivity contribution in [2.75, 3.05) is 0 Å². The van der Waals surface area contributed by atoms with Gasteiger partial charge in [-0.15, -0.1) is 5.10 Å². The number of benzene rings is 2. The summed E-state index contributed by atoms with van der Waals surface area (Å²) in [7, 11) is 0. The van der Waals surface area contributed by atoms with Crippen LogP contribution < -0.4 is 10.5 Å². The highest BCUT2D eigenvalue weighted by Gasteiger charge is 2.33. The van der Waals surface area contributed by atoms with Crippen molar-refractivity contribution in [3.8, 4) is 17.6 Å². The van der Waals surface area contributed by atoms with Crippen molar-refractivity contribution in [1.29, 1.82) is 5.26 Å². The molecule has 3 N–H and O–H groups in total. The number of tetrazole rings is 1. The molecule has 0 saturated heterocycles. The van der Waals surface area contributed by atoms with Gasteiger partial charge < -0.3 is 15.6 Å². The third kappa shape index (κ3) is 2.12. The normalized spacial score (nSPS) is 16.2. The number of fused-ring (bicyclic) bond motifs is 4. The molecule has 0 radical (unpaired) electrons. The molecule has 8 heteroatoms. The van der Waals surface area contributed by atoms with E-state index in [2.05, 4.69) is 21.6 Å². The first kappa shape index (κ1) is 15.2. The molecule has 0 spiro atoms. The molecule has 1 unspecified atom stereocenters. The molecule has 130 valence electrons. The SMILES string of the molecule is N#CC1=C(N)Oc2cc(O)ccc2C1c1cc2ccccc2n2nnnc12. The zero-order valence-corrected chi connectivity index (χ0v) is 13.9. The van der Waals surface area contributed by atoms with E-state index in [4.69, 9.17) is 10.5 Å². The lowest BCUT2D eigenvalue weighted by atomic mass is 9.83. The molecule has 8 nitrogen and oxygen atoms in total. The van der Waals surface area contributed by atoms with Gasteiger partial charge in [0.1, 0.15) is 23.1 Å². The first-order valence-corrected chi connectivity index (χ1v) is 8.17. The predicted octanol–water partition coefficient (Wildman–Crippen LogP) is 2.20. The standard InChI is InChI=1S/C19H12N6O2/c20-9-14-17(12-6-5-11(26)8-16(12)27-18(14)21)13-7-10-3-1-2-4-15(10)25-19(13)22-23-24-25/h1-8,17,26H,21H2. The molecule has 2 aromatic carbocycles. The number of rotatable bonds is 1.